The lowest BCUT2D eigenvalue weighted by Crippen LogP contribution is -2.19. The number of nitrogens with zero attached hydrogens (tertiary/aromatic N) is 5. The number of aryl methyl sites for hydroxylation is 1. The van der Waals surface area contributed by atoms with Crippen LogP contribution in [0.3, 0.4) is 0 Å². The van der Waals surface area contributed by atoms with Crippen LogP contribution in [-0.2, 0) is 5.41 Å². The van der Waals surface area contributed by atoms with Gasteiger partial charge in [-0.2, -0.15) is 0 Å². The van der Waals surface area contributed by atoms with E-state index in [1.165, 1.54) is 0 Å². The molecule has 0 fully saturated rings. The van der Waals surface area contributed by atoms with Crippen LogP contribution in [0, 0.1) is 6.92 Å². The van der Waals surface area contributed by atoms with Gasteiger partial charge in [0.15, 0.2) is 0 Å². The van der Waals surface area contributed by atoms with Gasteiger partial charge in [-0.1, -0.05) is 190 Å². The zero-order valence-corrected chi connectivity index (χ0v) is 42.5. The van der Waals surface area contributed by atoms with Crippen molar-refractivity contribution < 1.29 is 18.4 Å². The number of anilines is 2. The van der Waals surface area contributed by atoms with E-state index in [9.17, 15) is 5.48 Å². The zero-order valence-electron chi connectivity index (χ0n) is 52.5. The van der Waals surface area contributed by atoms with Crippen molar-refractivity contribution in [3.05, 3.63) is 254 Å². The molecule has 3 aromatic heterocycles. The van der Waals surface area contributed by atoms with Crippen LogP contribution in [0.2, 0.25) is 0 Å². The molecule has 0 radical (unpaired) electrons. The van der Waals surface area contributed by atoms with Crippen LogP contribution < -0.4 is 9.64 Å². The van der Waals surface area contributed by atoms with E-state index in [0.717, 1.165) is 88.5 Å². The standard InChI is InChI=1S/C71H53N5O/c1-46-20-17-30-60-61-32-19-31-59-56-27-13-16-35-64(56)76(70(59)61)63-34-15-12-25-54(63)57-38-36-50(77-51-37-39-58-55-26-11-14-33-62(55)75(66(58)44-51)67-42-49(40-41-72-67)71(2,3)4)43-65(57)74(69(46)60)45-73-68-52(47-21-7-5-8-22-47)28-18-29-53(68)48-23-9-6-10-24-48/h5-45H,1-4H3/i5D,6D,7D,8D,9D,10D,21D,22D,23D,24D. The lowest BCUT2D eigenvalue weighted by atomic mass is 9.88. The summed E-state index contributed by atoms with van der Waals surface area (Å²) in [6.45, 7) is 8.58. The fourth-order valence-corrected chi connectivity index (χ4v) is 11.2. The number of fused-ring (bicyclic) bond motifs is 12. The lowest BCUT2D eigenvalue weighted by molar-refractivity contribution is 0.483. The van der Waals surface area contributed by atoms with E-state index < -0.39 is 60.4 Å². The minimum absolute atomic E-state index is 0.00964. The molecule has 0 N–H and O–H groups in total. The Hall–Kier alpha value is -9.78. The Morgan fingerprint density at radius 1 is 0.494 bits per heavy atom. The Kier molecular flexibility index (Phi) is 8.59. The van der Waals surface area contributed by atoms with Gasteiger partial charge in [0.2, 0.25) is 0 Å². The molecule has 0 spiro atoms. The van der Waals surface area contributed by atoms with Crippen LogP contribution in [0.15, 0.2) is 248 Å². The van der Waals surface area contributed by atoms with Crippen molar-refractivity contribution in [1.29, 1.82) is 0 Å². The molecule has 0 amide bonds. The first-order chi connectivity index (χ1) is 41.9. The van der Waals surface area contributed by atoms with E-state index in [-0.39, 0.29) is 33.4 Å². The molecule has 6 nitrogen and oxygen atoms in total. The van der Waals surface area contributed by atoms with E-state index in [1.54, 1.807) is 24.5 Å². The summed E-state index contributed by atoms with van der Waals surface area (Å²) in [5.74, 6) is 1.81. The van der Waals surface area contributed by atoms with Gasteiger partial charge in [-0.25, -0.2) is 9.98 Å². The highest BCUT2D eigenvalue weighted by Gasteiger charge is 2.28. The molecule has 10 aromatic carbocycles. The maximum absolute atomic E-state index is 9.26. The molecule has 6 heteroatoms. The molecule has 13 aromatic rings. The molecule has 0 bridgehead atoms. The van der Waals surface area contributed by atoms with E-state index in [1.807, 2.05) is 84.8 Å². The summed E-state index contributed by atoms with van der Waals surface area (Å²) in [6, 6.07) is 52.8. The summed E-state index contributed by atoms with van der Waals surface area (Å²) in [5.41, 5.74) is 11.1. The van der Waals surface area contributed by atoms with Gasteiger partial charge in [0.05, 0.1) is 58.5 Å². The monoisotopic (exact) mass is 1000 g/mol. The molecule has 368 valence electrons. The predicted octanol–water partition coefficient (Wildman–Crippen LogP) is 19.2. The van der Waals surface area contributed by atoms with Crippen LogP contribution >= 0.6 is 0 Å². The van der Waals surface area contributed by atoms with Crippen LogP contribution in [0.25, 0.3) is 99.6 Å². The van der Waals surface area contributed by atoms with Gasteiger partial charge in [-0.15, -0.1) is 0 Å². The first-order valence-electron chi connectivity index (χ1n) is 30.6. The Morgan fingerprint density at radius 3 is 1.82 bits per heavy atom. The normalized spacial score (nSPS) is 14.2. The van der Waals surface area contributed by atoms with Crippen LogP contribution in [-0.4, -0.2) is 20.5 Å². The summed E-state index contributed by atoms with van der Waals surface area (Å²) in [5, 5.41) is 4.20. The number of para-hydroxylation sites is 6. The van der Waals surface area contributed by atoms with E-state index in [0.29, 0.717) is 22.9 Å². The summed E-state index contributed by atoms with van der Waals surface area (Å²) >= 11 is 0. The number of aromatic nitrogens is 3. The largest absolute Gasteiger partial charge is 0.457 e. The number of hydrogen-bond donors (Lipinski definition) is 0. The van der Waals surface area contributed by atoms with E-state index >= 15 is 0 Å². The highest BCUT2D eigenvalue weighted by atomic mass is 16.5. The number of pyridine rings is 1. The fraction of sp³-hybridized carbons (Fsp3) is 0.0704. The second-order valence-corrected chi connectivity index (χ2v) is 20.3. The third kappa shape index (κ3) is 7.71. The number of hydrogen-bond acceptors (Lipinski definition) is 3. The number of rotatable bonds is 7. The molecule has 4 heterocycles. The van der Waals surface area contributed by atoms with E-state index in [4.69, 9.17) is 22.9 Å². The SMILES string of the molecule is [2H]c1c([2H])c([2H])c(-c2cccc(-c3c([2H])c([2H])c([2H])c([2H])c3[2H])c2N=CN2c3cc(Oc4ccc5c6ccccc6n(-c6cc(C(C)(C)C)ccn6)c5c4)ccc3-c3ccccc3-n3c4ccccc4c4cccc(c43)-c3cccc(C)c32)c([2H])c1[2H]. The molecule has 14 rings (SSSR count). The molecule has 0 unspecified atom stereocenters. The van der Waals surface area contributed by atoms with Gasteiger partial charge in [0.25, 0.3) is 0 Å². The topological polar surface area (TPSA) is 47.6 Å². The van der Waals surface area contributed by atoms with E-state index in [2.05, 4.69) is 121 Å². The Morgan fingerprint density at radius 2 is 1.06 bits per heavy atom. The molecule has 1 aliphatic rings. The Bertz CT molecular complexity index is 4970. The van der Waals surface area contributed by atoms with Gasteiger partial charge >= 0.3 is 0 Å². The second-order valence-electron chi connectivity index (χ2n) is 20.3. The predicted molar refractivity (Wildman–Crippen MR) is 321 cm³/mol. The van der Waals surface area contributed by atoms with Crippen LogP contribution in [0.5, 0.6) is 11.5 Å². The van der Waals surface area contributed by atoms with Crippen molar-refractivity contribution in [2.24, 2.45) is 4.99 Å². The van der Waals surface area contributed by atoms with Gasteiger partial charge in [-0.05, 0) is 89.2 Å². The molecule has 0 saturated heterocycles. The van der Waals surface area contributed by atoms with Gasteiger partial charge in [-0.3, -0.25) is 9.47 Å². The van der Waals surface area contributed by atoms with Crippen molar-refractivity contribution in [2.75, 3.05) is 4.90 Å². The quantitative estimate of drug-likeness (QED) is 0.118. The third-order valence-electron chi connectivity index (χ3n) is 14.7. The molecule has 0 atom stereocenters. The lowest BCUT2D eigenvalue weighted by Gasteiger charge is -2.30. The molecule has 1 aliphatic heterocycles. The van der Waals surface area contributed by atoms with Crippen molar-refractivity contribution in [1.82, 2.24) is 14.1 Å². The van der Waals surface area contributed by atoms with Crippen LogP contribution in [0.4, 0.5) is 17.1 Å². The average molecular weight is 1000 g/mol. The van der Waals surface area contributed by atoms with Crippen molar-refractivity contribution in [3.8, 4) is 67.5 Å². The molecule has 0 aliphatic carbocycles. The van der Waals surface area contributed by atoms with Crippen molar-refractivity contribution in [2.45, 2.75) is 33.1 Å². The van der Waals surface area contributed by atoms with Gasteiger partial charge < -0.3 is 9.30 Å². The first kappa shape index (κ1) is 36.2. The molecular formula is C71H53N5O. The average Bonchev–Trinajstić information content (AvgIpc) is 1.71. The second kappa shape index (κ2) is 18.3. The minimum atomic E-state index is -0.588. The highest BCUT2D eigenvalue weighted by molar-refractivity contribution is 6.17. The molecule has 0 saturated carbocycles. The molecule has 77 heavy (non-hydrogen) atoms. The fourth-order valence-electron chi connectivity index (χ4n) is 11.2. The highest BCUT2D eigenvalue weighted by Crippen LogP contribution is 2.50. The van der Waals surface area contributed by atoms with Gasteiger partial charge in [0, 0.05) is 73.3 Å². The van der Waals surface area contributed by atoms with Gasteiger partial charge in [0.1, 0.15) is 23.7 Å². The summed E-state index contributed by atoms with van der Waals surface area (Å²) < 4.78 is 101. The Balaban J connectivity index is 1.06. The molecular weight excluding hydrogens is 939 g/mol. The van der Waals surface area contributed by atoms with Crippen LogP contribution in [0.1, 0.15) is 45.6 Å². The maximum atomic E-state index is 9.26. The summed E-state index contributed by atoms with van der Waals surface area (Å²) in [4.78, 5) is 12.3. The Labute approximate surface area is 462 Å². The smallest absolute Gasteiger partial charge is 0.137 e. The summed E-state index contributed by atoms with van der Waals surface area (Å²) in [6.07, 6.45) is 3.47. The number of ether oxygens (including phenoxy) is 1. The third-order valence-corrected chi connectivity index (χ3v) is 14.7. The first-order valence-corrected chi connectivity index (χ1v) is 25.6. The minimum Gasteiger partial charge on any atom is -0.457 e. The number of aliphatic imine (C=N–C) groups is 1. The van der Waals surface area contributed by atoms with Crippen molar-refractivity contribution in [3.63, 3.8) is 0 Å². The van der Waals surface area contributed by atoms with Crippen molar-refractivity contribution >= 4 is 67.0 Å². The zero-order chi connectivity index (χ0) is 60.5. The summed E-state index contributed by atoms with van der Waals surface area (Å²) in [7, 11) is 0. The maximum Gasteiger partial charge on any atom is 0.137 e. The number of benzene rings is 10.